The number of nitrogens with one attached hydrogen (secondary N) is 1. The molecule has 0 aliphatic heterocycles. The highest BCUT2D eigenvalue weighted by atomic mass is 16.3. The second-order valence-corrected chi connectivity index (χ2v) is 6.19. The van der Waals surface area contributed by atoms with Gasteiger partial charge in [0, 0.05) is 11.1 Å². The highest BCUT2D eigenvalue weighted by Gasteiger charge is 2.18. The lowest BCUT2D eigenvalue weighted by atomic mass is 10.1. The zero-order chi connectivity index (χ0) is 17.3. The lowest BCUT2D eigenvalue weighted by Gasteiger charge is -2.00. The number of benzene rings is 3. The van der Waals surface area contributed by atoms with Gasteiger partial charge in [-0.1, -0.05) is 72.8 Å². The van der Waals surface area contributed by atoms with Gasteiger partial charge in [-0.15, -0.1) is 0 Å². The van der Waals surface area contributed by atoms with Gasteiger partial charge in [0.1, 0.15) is 17.3 Å². The molecule has 0 saturated carbocycles. The average Bonchev–Trinajstić information content (AvgIpc) is 3.33. The number of hydrogen-bond donors (Lipinski definition) is 1. The molecule has 124 valence electrons. The molecule has 0 saturated heterocycles. The quantitative estimate of drug-likeness (QED) is 0.429. The number of nitrogens with zero attached hydrogens (tertiary/aromatic N) is 1. The second-order valence-electron chi connectivity index (χ2n) is 6.19. The van der Waals surface area contributed by atoms with Crippen molar-refractivity contribution in [3.8, 4) is 34.0 Å². The summed E-state index contributed by atoms with van der Waals surface area (Å²) in [5.41, 5.74) is 5.01. The maximum absolute atomic E-state index is 6.28. The molecule has 0 radical (unpaired) electrons. The van der Waals surface area contributed by atoms with E-state index in [0.29, 0.717) is 0 Å². The fourth-order valence-corrected chi connectivity index (χ4v) is 3.20. The molecule has 0 atom stereocenters. The van der Waals surface area contributed by atoms with Crippen molar-refractivity contribution in [2.45, 2.75) is 0 Å². The highest BCUT2D eigenvalue weighted by molar-refractivity contribution is 5.85. The van der Waals surface area contributed by atoms with Crippen LogP contribution in [-0.4, -0.2) is 9.97 Å². The van der Waals surface area contributed by atoms with Crippen LogP contribution in [-0.2, 0) is 0 Å². The summed E-state index contributed by atoms with van der Waals surface area (Å²) in [6.45, 7) is 0. The largest absolute Gasteiger partial charge is 0.455 e. The zero-order valence-corrected chi connectivity index (χ0v) is 14.0. The number of rotatable bonds is 3. The number of H-pyrrole nitrogens is 1. The van der Waals surface area contributed by atoms with Crippen LogP contribution in [0.3, 0.4) is 0 Å². The molecule has 0 bridgehead atoms. The van der Waals surface area contributed by atoms with Crippen LogP contribution in [0.1, 0.15) is 0 Å². The van der Waals surface area contributed by atoms with Gasteiger partial charge in [-0.2, -0.15) is 0 Å². The van der Waals surface area contributed by atoms with Gasteiger partial charge >= 0.3 is 0 Å². The predicted molar refractivity (Wildman–Crippen MR) is 105 cm³/mol. The first kappa shape index (κ1) is 14.7. The molecule has 2 heterocycles. The van der Waals surface area contributed by atoms with Gasteiger partial charge in [-0.05, 0) is 18.2 Å². The lowest BCUT2D eigenvalue weighted by Crippen LogP contribution is -1.81. The minimum atomic E-state index is 0.816. The molecule has 0 aliphatic carbocycles. The van der Waals surface area contributed by atoms with Gasteiger partial charge in [0.25, 0.3) is 0 Å². The van der Waals surface area contributed by atoms with Gasteiger partial charge in [-0.25, -0.2) is 4.98 Å². The Bertz CT molecular complexity index is 1140. The number of aromatic amines is 1. The SMILES string of the molecule is c1ccc(-c2cc(-c3nc4ccccc4[nH]3)c(-c3ccccc3)o2)cc1. The van der Waals surface area contributed by atoms with E-state index < -0.39 is 0 Å². The Hall–Kier alpha value is -3.59. The van der Waals surface area contributed by atoms with Crippen molar-refractivity contribution in [3.63, 3.8) is 0 Å². The van der Waals surface area contributed by atoms with Crippen molar-refractivity contribution in [1.29, 1.82) is 0 Å². The van der Waals surface area contributed by atoms with E-state index in [0.717, 1.165) is 45.1 Å². The van der Waals surface area contributed by atoms with Crippen LogP contribution >= 0.6 is 0 Å². The van der Waals surface area contributed by atoms with Crippen molar-refractivity contribution in [2.75, 3.05) is 0 Å². The predicted octanol–water partition coefficient (Wildman–Crippen LogP) is 6.16. The van der Waals surface area contributed by atoms with Crippen molar-refractivity contribution >= 4 is 11.0 Å². The van der Waals surface area contributed by atoms with E-state index in [1.165, 1.54) is 0 Å². The Kier molecular flexibility index (Phi) is 3.42. The lowest BCUT2D eigenvalue weighted by molar-refractivity contribution is 0.598. The van der Waals surface area contributed by atoms with E-state index >= 15 is 0 Å². The molecule has 0 spiro atoms. The van der Waals surface area contributed by atoms with Gasteiger partial charge < -0.3 is 9.40 Å². The first-order chi connectivity index (χ1) is 12.9. The third kappa shape index (κ3) is 2.50. The first-order valence-electron chi connectivity index (χ1n) is 8.58. The molecule has 5 rings (SSSR count). The molecule has 3 nitrogen and oxygen atoms in total. The summed E-state index contributed by atoms with van der Waals surface area (Å²) in [4.78, 5) is 8.18. The van der Waals surface area contributed by atoms with Crippen molar-refractivity contribution in [1.82, 2.24) is 9.97 Å². The van der Waals surface area contributed by atoms with Crippen LogP contribution in [0, 0.1) is 0 Å². The van der Waals surface area contributed by atoms with Crippen LogP contribution in [0.15, 0.2) is 95.4 Å². The monoisotopic (exact) mass is 336 g/mol. The van der Waals surface area contributed by atoms with Crippen LogP contribution in [0.25, 0.3) is 45.1 Å². The number of fused-ring (bicyclic) bond motifs is 1. The molecule has 0 aliphatic rings. The Morgan fingerprint density at radius 1 is 0.692 bits per heavy atom. The summed E-state index contributed by atoms with van der Waals surface area (Å²) in [7, 11) is 0. The van der Waals surface area contributed by atoms with E-state index in [2.05, 4.69) is 35.3 Å². The first-order valence-corrected chi connectivity index (χ1v) is 8.58. The van der Waals surface area contributed by atoms with Crippen LogP contribution in [0.2, 0.25) is 0 Å². The molecule has 26 heavy (non-hydrogen) atoms. The third-order valence-electron chi connectivity index (χ3n) is 4.47. The Morgan fingerprint density at radius 2 is 1.35 bits per heavy atom. The Balaban J connectivity index is 1.73. The van der Waals surface area contributed by atoms with Crippen molar-refractivity contribution < 1.29 is 4.42 Å². The number of hydrogen-bond acceptors (Lipinski definition) is 2. The van der Waals surface area contributed by atoms with Crippen LogP contribution < -0.4 is 0 Å². The summed E-state index contributed by atoms with van der Waals surface area (Å²) < 4.78 is 6.28. The molecule has 3 heteroatoms. The van der Waals surface area contributed by atoms with Crippen LogP contribution in [0.4, 0.5) is 0 Å². The zero-order valence-electron chi connectivity index (χ0n) is 14.0. The number of imidazole rings is 1. The smallest absolute Gasteiger partial charge is 0.145 e. The maximum atomic E-state index is 6.28. The van der Waals surface area contributed by atoms with E-state index in [-0.39, 0.29) is 0 Å². The maximum Gasteiger partial charge on any atom is 0.145 e. The van der Waals surface area contributed by atoms with E-state index in [1.54, 1.807) is 0 Å². The van der Waals surface area contributed by atoms with Gasteiger partial charge in [0.05, 0.1) is 16.6 Å². The molecule has 0 unspecified atom stereocenters. The molecular weight excluding hydrogens is 320 g/mol. The minimum Gasteiger partial charge on any atom is -0.455 e. The molecule has 1 N–H and O–H groups in total. The third-order valence-corrected chi connectivity index (χ3v) is 4.47. The fourth-order valence-electron chi connectivity index (χ4n) is 3.20. The summed E-state index contributed by atoms with van der Waals surface area (Å²) in [6.07, 6.45) is 0. The highest BCUT2D eigenvalue weighted by Crippen LogP contribution is 2.38. The topological polar surface area (TPSA) is 41.8 Å². The van der Waals surface area contributed by atoms with E-state index in [4.69, 9.17) is 9.40 Å². The van der Waals surface area contributed by atoms with Gasteiger partial charge in [0.15, 0.2) is 0 Å². The average molecular weight is 336 g/mol. The normalized spacial score (nSPS) is 11.1. The summed E-state index contributed by atoms with van der Waals surface area (Å²) in [5, 5.41) is 0. The summed E-state index contributed by atoms with van der Waals surface area (Å²) in [5.74, 6) is 2.47. The van der Waals surface area contributed by atoms with Gasteiger partial charge in [0.2, 0.25) is 0 Å². The Morgan fingerprint density at radius 3 is 2.08 bits per heavy atom. The fraction of sp³-hybridized carbons (Fsp3) is 0. The molecule has 5 aromatic rings. The number of aromatic nitrogens is 2. The molecule has 0 fully saturated rings. The summed E-state index contributed by atoms with van der Waals surface area (Å²) in [6, 6.07) is 30.4. The number of para-hydroxylation sites is 2. The van der Waals surface area contributed by atoms with Crippen LogP contribution in [0.5, 0.6) is 0 Å². The molecule has 3 aromatic carbocycles. The standard InChI is InChI=1S/C23H16N2O/c1-3-9-16(10-4-1)21-15-18(22(26-21)17-11-5-2-6-12-17)23-24-19-13-7-8-14-20(19)25-23/h1-15H,(H,24,25). The minimum absolute atomic E-state index is 0.816. The van der Waals surface area contributed by atoms with Crippen molar-refractivity contribution in [3.05, 3.63) is 91.0 Å². The number of furan rings is 1. The second kappa shape index (κ2) is 6.05. The Labute approximate surface area is 151 Å². The summed E-state index contributed by atoms with van der Waals surface area (Å²) >= 11 is 0. The van der Waals surface area contributed by atoms with E-state index in [1.807, 2.05) is 60.7 Å². The van der Waals surface area contributed by atoms with E-state index in [9.17, 15) is 0 Å². The van der Waals surface area contributed by atoms with Gasteiger partial charge in [-0.3, -0.25) is 0 Å². The molecular formula is C23H16N2O. The molecule has 0 amide bonds. The molecule has 2 aromatic heterocycles. The van der Waals surface area contributed by atoms with Crippen molar-refractivity contribution in [2.24, 2.45) is 0 Å².